The number of non-ortho nitro benzene ring substituents is 1. The number of anilines is 1. The molecular formula is C18H12BrN3O3. The molecule has 0 saturated carbocycles. The molecule has 0 amide bonds. The van der Waals surface area contributed by atoms with Crippen LogP contribution in [0.25, 0.3) is 22.1 Å². The number of rotatable bonds is 4. The monoisotopic (exact) mass is 397 g/mol. The molecule has 0 atom stereocenters. The number of fused-ring (bicyclic) bond motifs is 3. The molecule has 0 saturated heterocycles. The molecule has 0 bridgehead atoms. The lowest BCUT2D eigenvalue weighted by Crippen LogP contribution is -2.00. The summed E-state index contributed by atoms with van der Waals surface area (Å²) in [5.74, 6) is 0. The smallest absolute Gasteiger partial charge is 0.270 e. The lowest BCUT2D eigenvalue weighted by molar-refractivity contribution is -0.384. The van der Waals surface area contributed by atoms with Gasteiger partial charge in [-0.15, -0.1) is 0 Å². The second-order valence-electron chi connectivity index (χ2n) is 5.56. The highest BCUT2D eigenvalue weighted by Crippen LogP contribution is 2.35. The minimum Gasteiger partial charge on any atom is -0.438 e. The first-order valence-corrected chi connectivity index (χ1v) is 8.35. The molecule has 0 aliphatic rings. The van der Waals surface area contributed by atoms with Crippen LogP contribution in [-0.4, -0.2) is 9.91 Å². The zero-order valence-corrected chi connectivity index (χ0v) is 14.5. The number of nitro groups is 1. The van der Waals surface area contributed by atoms with E-state index in [9.17, 15) is 10.1 Å². The third-order valence-corrected chi connectivity index (χ3v) is 4.43. The highest BCUT2D eigenvalue weighted by atomic mass is 79.9. The molecule has 0 fully saturated rings. The predicted molar refractivity (Wildman–Crippen MR) is 99.6 cm³/mol. The maximum atomic E-state index is 11.1. The number of hydrogen-bond donors (Lipinski definition) is 1. The van der Waals surface area contributed by atoms with E-state index in [1.54, 1.807) is 12.3 Å². The van der Waals surface area contributed by atoms with Crippen LogP contribution in [0.3, 0.4) is 0 Å². The van der Waals surface area contributed by atoms with Gasteiger partial charge in [-0.05, 0) is 29.8 Å². The molecule has 2 heterocycles. The van der Waals surface area contributed by atoms with Crippen molar-refractivity contribution in [2.75, 3.05) is 5.32 Å². The Morgan fingerprint density at radius 1 is 1.20 bits per heavy atom. The minimum atomic E-state index is -0.413. The second kappa shape index (κ2) is 6.18. The van der Waals surface area contributed by atoms with Gasteiger partial charge in [-0.25, -0.2) is 4.98 Å². The van der Waals surface area contributed by atoms with Crippen LogP contribution in [0.1, 0.15) is 5.56 Å². The van der Waals surface area contributed by atoms with E-state index in [0.29, 0.717) is 23.2 Å². The number of nitro benzene ring substituents is 1. The average Bonchev–Trinajstić information content (AvgIpc) is 2.98. The quantitative estimate of drug-likeness (QED) is 0.375. The molecule has 2 aromatic carbocycles. The van der Waals surface area contributed by atoms with E-state index in [0.717, 1.165) is 21.1 Å². The molecule has 7 heteroatoms. The first-order chi connectivity index (χ1) is 12.1. The van der Waals surface area contributed by atoms with E-state index in [2.05, 4.69) is 26.2 Å². The van der Waals surface area contributed by atoms with Crippen molar-refractivity contribution in [3.05, 3.63) is 74.9 Å². The van der Waals surface area contributed by atoms with Crippen LogP contribution in [0, 0.1) is 10.1 Å². The van der Waals surface area contributed by atoms with Crippen LogP contribution in [0.15, 0.2) is 63.6 Å². The first kappa shape index (κ1) is 15.6. The molecule has 4 rings (SSSR count). The molecule has 4 aromatic rings. The van der Waals surface area contributed by atoms with Crippen molar-refractivity contribution in [3.8, 4) is 0 Å². The normalized spacial score (nSPS) is 11.1. The van der Waals surface area contributed by atoms with Crippen molar-refractivity contribution in [2.45, 2.75) is 6.54 Å². The number of hydrogen-bond acceptors (Lipinski definition) is 5. The summed E-state index contributed by atoms with van der Waals surface area (Å²) in [4.78, 5) is 14.9. The first-order valence-electron chi connectivity index (χ1n) is 7.56. The van der Waals surface area contributed by atoms with Crippen molar-refractivity contribution < 1.29 is 9.34 Å². The van der Waals surface area contributed by atoms with Gasteiger partial charge in [-0.1, -0.05) is 28.1 Å². The average molecular weight is 398 g/mol. The Kier molecular flexibility index (Phi) is 3.85. The van der Waals surface area contributed by atoms with E-state index in [-0.39, 0.29) is 5.69 Å². The largest absolute Gasteiger partial charge is 0.438 e. The molecule has 0 spiro atoms. The van der Waals surface area contributed by atoms with Gasteiger partial charge in [0.1, 0.15) is 5.58 Å². The fourth-order valence-electron chi connectivity index (χ4n) is 2.79. The lowest BCUT2D eigenvalue weighted by Gasteiger charge is -2.08. The molecule has 0 radical (unpaired) electrons. The topological polar surface area (TPSA) is 81.2 Å². The highest BCUT2D eigenvalue weighted by Gasteiger charge is 2.15. The standard InChI is InChI=1S/C18H12BrN3O3/c19-12-3-1-2-11(8-12)10-21-15-6-7-20-18-17(15)14-9-13(22(23)24)4-5-16(14)25-18/h1-9H,10H2,(H,20,21). The van der Waals surface area contributed by atoms with Gasteiger partial charge < -0.3 is 9.73 Å². The summed E-state index contributed by atoms with van der Waals surface area (Å²) >= 11 is 3.46. The van der Waals surface area contributed by atoms with E-state index in [4.69, 9.17) is 4.42 Å². The highest BCUT2D eigenvalue weighted by molar-refractivity contribution is 9.10. The van der Waals surface area contributed by atoms with Crippen LogP contribution in [-0.2, 0) is 6.54 Å². The molecule has 0 aliphatic heterocycles. The molecule has 2 aromatic heterocycles. The zero-order chi connectivity index (χ0) is 17.4. The fourth-order valence-corrected chi connectivity index (χ4v) is 3.24. The van der Waals surface area contributed by atoms with Crippen molar-refractivity contribution in [2.24, 2.45) is 0 Å². The van der Waals surface area contributed by atoms with Crippen LogP contribution >= 0.6 is 15.9 Å². The van der Waals surface area contributed by atoms with Gasteiger partial charge in [-0.2, -0.15) is 0 Å². The molecule has 6 nitrogen and oxygen atoms in total. The third kappa shape index (κ3) is 2.94. The number of aromatic nitrogens is 1. The van der Waals surface area contributed by atoms with Crippen molar-refractivity contribution in [3.63, 3.8) is 0 Å². The summed E-state index contributed by atoms with van der Waals surface area (Å²) < 4.78 is 6.73. The van der Waals surface area contributed by atoms with Crippen molar-refractivity contribution in [1.82, 2.24) is 4.98 Å². The van der Waals surface area contributed by atoms with Gasteiger partial charge in [0.2, 0.25) is 5.71 Å². The van der Waals surface area contributed by atoms with Gasteiger partial charge in [0.15, 0.2) is 0 Å². The van der Waals surface area contributed by atoms with Gasteiger partial charge in [0.05, 0.1) is 10.3 Å². The molecule has 25 heavy (non-hydrogen) atoms. The van der Waals surface area contributed by atoms with Gasteiger partial charge in [-0.3, -0.25) is 10.1 Å². The number of pyridine rings is 1. The Labute approximate surface area is 150 Å². The Hall–Kier alpha value is -2.93. The SMILES string of the molecule is O=[N+]([O-])c1ccc2oc3nccc(NCc4cccc(Br)c4)c3c2c1. The summed E-state index contributed by atoms with van der Waals surface area (Å²) in [6.07, 6.45) is 1.66. The van der Waals surface area contributed by atoms with Crippen molar-refractivity contribution >= 4 is 49.4 Å². The maximum absolute atomic E-state index is 11.1. The zero-order valence-electron chi connectivity index (χ0n) is 12.9. The van der Waals surface area contributed by atoms with E-state index in [1.165, 1.54) is 12.1 Å². The van der Waals surface area contributed by atoms with Crippen LogP contribution in [0.5, 0.6) is 0 Å². The van der Waals surface area contributed by atoms with Crippen LogP contribution < -0.4 is 5.32 Å². The minimum absolute atomic E-state index is 0.0250. The summed E-state index contributed by atoms with van der Waals surface area (Å²) in [5, 5.41) is 15.9. The molecule has 1 N–H and O–H groups in total. The van der Waals surface area contributed by atoms with Crippen molar-refractivity contribution in [1.29, 1.82) is 0 Å². The predicted octanol–water partition coefficient (Wildman–Crippen LogP) is 5.26. The van der Waals surface area contributed by atoms with Crippen LogP contribution in [0.4, 0.5) is 11.4 Å². The molecular weight excluding hydrogens is 386 g/mol. The number of benzene rings is 2. The molecule has 0 aliphatic carbocycles. The third-order valence-electron chi connectivity index (χ3n) is 3.94. The number of halogens is 1. The number of nitrogens with one attached hydrogen (secondary N) is 1. The second-order valence-corrected chi connectivity index (χ2v) is 6.48. The van der Waals surface area contributed by atoms with Gasteiger partial charge in [0.25, 0.3) is 5.69 Å². The van der Waals surface area contributed by atoms with E-state index >= 15 is 0 Å². The Morgan fingerprint density at radius 3 is 2.88 bits per heavy atom. The lowest BCUT2D eigenvalue weighted by atomic mass is 10.1. The van der Waals surface area contributed by atoms with E-state index in [1.807, 2.05) is 30.3 Å². The summed E-state index contributed by atoms with van der Waals surface area (Å²) in [7, 11) is 0. The summed E-state index contributed by atoms with van der Waals surface area (Å²) in [5.41, 5.74) is 2.99. The van der Waals surface area contributed by atoms with Crippen LogP contribution in [0.2, 0.25) is 0 Å². The molecule has 0 unspecified atom stereocenters. The Bertz CT molecular complexity index is 1110. The number of furan rings is 1. The van der Waals surface area contributed by atoms with Gasteiger partial charge >= 0.3 is 0 Å². The Morgan fingerprint density at radius 2 is 2.08 bits per heavy atom. The fraction of sp³-hybridized carbons (Fsp3) is 0.0556. The Balaban J connectivity index is 1.79. The maximum Gasteiger partial charge on any atom is 0.270 e. The van der Waals surface area contributed by atoms with Gasteiger partial charge in [0, 0.05) is 40.4 Å². The number of nitrogens with zero attached hydrogens (tertiary/aromatic N) is 2. The summed E-state index contributed by atoms with van der Waals surface area (Å²) in [6, 6.07) is 14.4. The van der Waals surface area contributed by atoms with E-state index < -0.39 is 4.92 Å². The molecule has 124 valence electrons. The summed E-state index contributed by atoms with van der Waals surface area (Å²) in [6.45, 7) is 0.611.